The molecule has 3 nitrogen and oxygen atoms in total. The number of rotatable bonds is 2. The first-order chi connectivity index (χ1) is 10.6. The molecule has 3 rings (SSSR count). The molecular formula is C18H21ClN2O. The van der Waals surface area contributed by atoms with Gasteiger partial charge in [-0.2, -0.15) is 0 Å². The quantitative estimate of drug-likeness (QED) is 0.882. The van der Waals surface area contributed by atoms with Crippen LogP contribution < -0.4 is 5.32 Å². The lowest BCUT2D eigenvalue weighted by molar-refractivity contribution is 0.0929. The summed E-state index contributed by atoms with van der Waals surface area (Å²) in [4.78, 5) is 17.3. The minimum Gasteiger partial charge on any atom is -0.349 e. The first-order valence-corrected chi connectivity index (χ1v) is 8.31. The van der Waals surface area contributed by atoms with Gasteiger partial charge in [0.15, 0.2) is 0 Å². The minimum atomic E-state index is 0.00382. The molecule has 1 N–H and O–H groups in total. The first kappa shape index (κ1) is 15.3. The van der Waals surface area contributed by atoms with Crippen molar-refractivity contribution in [2.45, 2.75) is 52.0 Å². The lowest BCUT2D eigenvalue weighted by atomic mass is 9.95. The molecule has 0 atom stereocenters. The number of amides is 1. The highest BCUT2D eigenvalue weighted by molar-refractivity contribution is 6.32. The van der Waals surface area contributed by atoms with Crippen LogP contribution in [0.5, 0.6) is 0 Å². The molecule has 0 radical (unpaired) electrons. The Morgan fingerprint density at radius 3 is 2.68 bits per heavy atom. The van der Waals surface area contributed by atoms with E-state index in [1.54, 1.807) is 0 Å². The molecule has 0 bridgehead atoms. The van der Waals surface area contributed by atoms with Gasteiger partial charge >= 0.3 is 0 Å². The fourth-order valence-electron chi connectivity index (χ4n) is 3.23. The van der Waals surface area contributed by atoms with Crippen LogP contribution in [0.2, 0.25) is 5.02 Å². The maximum Gasteiger partial charge on any atom is 0.252 e. The number of hydrogen-bond acceptors (Lipinski definition) is 2. The van der Waals surface area contributed by atoms with Crippen LogP contribution in [0.1, 0.15) is 53.7 Å². The molecule has 4 heteroatoms. The third-order valence-electron chi connectivity index (χ3n) is 4.48. The molecule has 1 heterocycles. The Kier molecular flexibility index (Phi) is 4.34. The van der Waals surface area contributed by atoms with E-state index in [0.29, 0.717) is 16.6 Å². The smallest absolute Gasteiger partial charge is 0.252 e. The molecule has 2 aromatic rings. The fraction of sp³-hybridized carbons (Fsp3) is 0.444. The van der Waals surface area contributed by atoms with Crippen LogP contribution in [0.3, 0.4) is 0 Å². The van der Waals surface area contributed by atoms with E-state index in [9.17, 15) is 4.79 Å². The summed E-state index contributed by atoms with van der Waals surface area (Å²) in [6, 6.07) is 5.91. The number of nitrogens with one attached hydrogen (secondary N) is 1. The highest BCUT2D eigenvalue weighted by Gasteiger charge is 2.19. The van der Waals surface area contributed by atoms with Crippen LogP contribution in [0.25, 0.3) is 10.9 Å². The van der Waals surface area contributed by atoms with Crippen LogP contribution in [-0.2, 0) is 0 Å². The zero-order valence-corrected chi connectivity index (χ0v) is 13.8. The molecular weight excluding hydrogens is 296 g/mol. The Hall–Kier alpha value is -1.61. The Morgan fingerprint density at radius 1 is 1.23 bits per heavy atom. The number of aryl methyl sites for hydroxylation is 2. The summed E-state index contributed by atoms with van der Waals surface area (Å²) < 4.78 is 0. The van der Waals surface area contributed by atoms with Crippen molar-refractivity contribution in [3.05, 3.63) is 40.0 Å². The number of pyridine rings is 1. The first-order valence-electron chi connectivity index (χ1n) is 7.93. The molecule has 0 spiro atoms. The third-order valence-corrected chi connectivity index (χ3v) is 4.89. The highest BCUT2D eigenvalue weighted by Crippen LogP contribution is 2.27. The second-order valence-corrected chi connectivity index (χ2v) is 6.60. The van der Waals surface area contributed by atoms with Gasteiger partial charge in [-0.3, -0.25) is 9.78 Å². The second-order valence-electron chi connectivity index (χ2n) is 6.19. The Morgan fingerprint density at radius 2 is 1.95 bits per heavy atom. The summed E-state index contributed by atoms with van der Waals surface area (Å²) in [6.45, 7) is 3.86. The fourth-order valence-corrected chi connectivity index (χ4v) is 3.38. The van der Waals surface area contributed by atoms with Gasteiger partial charge < -0.3 is 5.32 Å². The van der Waals surface area contributed by atoms with Crippen molar-refractivity contribution in [3.8, 4) is 0 Å². The zero-order valence-electron chi connectivity index (χ0n) is 13.1. The highest BCUT2D eigenvalue weighted by atomic mass is 35.5. The number of benzene rings is 1. The number of carbonyl (C=O) groups excluding carboxylic acids is 1. The molecule has 1 aromatic carbocycles. The van der Waals surface area contributed by atoms with E-state index in [4.69, 9.17) is 11.6 Å². The number of hydrogen-bond donors (Lipinski definition) is 1. The molecule has 1 aromatic heterocycles. The number of aromatic nitrogens is 1. The van der Waals surface area contributed by atoms with Gasteiger partial charge in [0.1, 0.15) is 0 Å². The topological polar surface area (TPSA) is 42.0 Å². The molecule has 1 aliphatic carbocycles. The van der Waals surface area contributed by atoms with E-state index in [0.717, 1.165) is 35.0 Å². The van der Waals surface area contributed by atoms with Gasteiger partial charge in [-0.05, 0) is 44.4 Å². The predicted molar refractivity (Wildman–Crippen MR) is 90.6 cm³/mol. The maximum absolute atomic E-state index is 12.7. The normalized spacial score (nSPS) is 16.0. The number of fused-ring (bicyclic) bond motifs is 1. The summed E-state index contributed by atoms with van der Waals surface area (Å²) in [5, 5.41) is 4.75. The van der Waals surface area contributed by atoms with E-state index < -0.39 is 0 Å². The molecule has 116 valence electrons. The SMILES string of the molecule is Cc1cc(C(=O)NC2CCCCC2)c2ccc(Cl)c(C)c2n1. The van der Waals surface area contributed by atoms with E-state index in [2.05, 4.69) is 10.3 Å². The molecule has 22 heavy (non-hydrogen) atoms. The van der Waals surface area contributed by atoms with Crippen molar-refractivity contribution >= 4 is 28.4 Å². The van der Waals surface area contributed by atoms with Crippen LogP contribution >= 0.6 is 11.6 Å². The maximum atomic E-state index is 12.7. The van der Waals surface area contributed by atoms with Crippen molar-refractivity contribution in [2.75, 3.05) is 0 Å². The van der Waals surface area contributed by atoms with Gasteiger partial charge in [-0.25, -0.2) is 0 Å². The van der Waals surface area contributed by atoms with Gasteiger partial charge in [-0.1, -0.05) is 36.9 Å². The predicted octanol–water partition coefficient (Wildman–Crippen LogP) is 4.57. The van der Waals surface area contributed by atoms with Gasteiger partial charge in [0.25, 0.3) is 5.91 Å². The summed E-state index contributed by atoms with van der Waals surface area (Å²) in [5.74, 6) is 0.00382. The van der Waals surface area contributed by atoms with Crippen LogP contribution in [0.15, 0.2) is 18.2 Å². The van der Waals surface area contributed by atoms with Gasteiger partial charge in [0.2, 0.25) is 0 Å². The van der Waals surface area contributed by atoms with Crippen molar-refractivity contribution in [3.63, 3.8) is 0 Å². The minimum absolute atomic E-state index is 0.00382. The molecule has 1 saturated carbocycles. The Labute approximate surface area is 136 Å². The molecule has 1 aliphatic rings. The average molecular weight is 317 g/mol. The van der Waals surface area contributed by atoms with Crippen molar-refractivity contribution < 1.29 is 4.79 Å². The van der Waals surface area contributed by atoms with Crippen molar-refractivity contribution in [1.29, 1.82) is 0 Å². The molecule has 0 saturated heterocycles. The number of halogens is 1. The number of nitrogens with zero attached hydrogens (tertiary/aromatic N) is 1. The average Bonchev–Trinajstić information content (AvgIpc) is 2.51. The summed E-state index contributed by atoms with van der Waals surface area (Å²) >= 11 is 6.19. The van der Waals surface area contributed by atoms with Gasteiger partial charge in [-0.15, -0.1) is 0 Å². The standard InChI is InChI=1S/C18H21ClN2O/c1-11-10-15(18(22)21-13-6-4-3-5-7-13)14-8-9-16(19)12(2)17(14)20-11/h8-10,13H,3-7H2,1-2H3,(H,21,22). The van der Waals surface area contributed by atoms with Crippen LogP contribution in [-0.4, -0.2) is 16.9 Å². The summed E-state index contributed by atoms with van der Waals surface area (Å²) in [5.41, 5.74) is 3.29. The van der Waals surface area contributed by atoms with Gasteiger partial charge in [0.05, 0.1) is 11.1 Å². The summed E-state index contributed by atoms with van der Waals surface area (Å²) in [6.07, 6.45) is 5.85. The van der Waals surface area contributed by atoms with Crippen molar-refractivity contribution in [1.82, 2.24) is 10.3 Å². The monoisotopic (exact) mass is 316 g/mol. The molecule has 0 aliphatic heterocycles. The number of carbonyl (C=O) groups is 1. The zero-order chi connectivity index (χ0) is 15.7. The van der Waals surface area contributed by atoms with Crippen molar-refractivity contribution in [2.24, 2.45) is 0 Å². The third kappa shape index (κ3) is 2.95. The van der Waals surface area contributed by atoms with E-state index in [-0.39, 0.29) is 5.91 Å². The van der Waals surface area contributed by atoms with E-state index in [1.165, 1.54) is 19.3 Å². The second kappa shape index (κ2) is 6.25. The van der Waals surface area contributed by atoms with Crippen LogP contribution in [0, 0.1) is 13.8 Å². The summed E-state index contributed by atoms with van der Waals surface area (Å²) in [7, 11) is 0. The van der Waals surface area contributed by atoms with Crippen LogP contribution in [0.4, 0.5) is 0 Å². The lowest BCUT2D eigenvalue weighted by Gasteiger charge is -2.23. The molecule has 0 unspecified atom stereocenters. The van der Waals surface area contributed by atoms with E-state index >= 15 is 0 Å². The molecule has 1 fully saturated rings. The Bertz CT molecular complexity index is 721. The van der Waals surface area contributed by atoms with Gasteiger partial charge in [0, 0.05) is 22.1 Å². The molecule has 1 amide bonds. The lowest BCUT2D eigenvalue weighted by Crippen LogP contribution is -2.36. The Balaban J connectivity index is 1.98. The van der Waals surface area contributed by atoms with E-state index in [1.807, 2.05) is 32.0 Å². The largest absolute Gasteiger partial charge is 0.349 e.